The largest absolute Gasteiger partial charge is 1.00 e. The van der Waals surface area contributed by atoms with Crippen LogP contribution >= 0.6 is 0 Å². The molecule has 0 bridgehead atoms. The van der Waals surface area contributed by atoms with Crippen LogP contribution in [-0.2, 0) is 24.7 Å². The standard InChI is InChI=1S/C13H15.2ClH.Zr/c1-3-10(2)12-9-8-11-6-4-5-7-13(11)12;;;/h4-10H,3H2,1-2H3;2*1H;/q;;;+2/p-2. The maximum absolute atomic E-state index is 2.47. The maximum atomic E-state index is 2.47. The van der Waals surface area contributed by atoms with Crippen LogP contribution in [0.2, 0.25) is 0 Å². The van der Waals surface area contributed by atoms with Crippen molar-refractivity contribution in [3.05, 3.63) is 41.5 Å². The van der Waals surface area contributed by atoms with Gasteiger partial charge in [-0.2, -0.15) is 0 Å². The van der Waals surface area contributed by atoms with E-state index in [9.17, 15) is 0 Å². The molecule has 0 aliphatic heterocycles. The van der Waals surface area contributed by atoms with Crippen molar-refractivity contribution in [3.8, 4) is 0 Å². The summed E-state index contributed by atoms with van der Waals surface area (Å²) in [6, 6.07) is 8.87. The van der Waals surface area contributed by atoms with Gasteiger partial charge < -0.3 is 24.8 Å². The normalized spacial score (nSPS) is 19.0. The van der Waals surface area contributed by atoms with Gasteiger partial charge in [-0.15, -0.1) is 0 Å². The van der Waals surface area contributed by atoms with E-state index in [0.717, 1.165) is 0 Å². The third-order valence-electron chi connectivity index (χ3n) is 3.10. The Hall–Kier alpha value is 0.423. The average molecular weight is 333 g/mol. The molecule has 1 aliphatic rings. The minimum Gasteiger partial charge on any atom is -1.00 e. The Bertz CT molecular complexity index is 374. The van der Waals surface area contributed by atoms with Gasteiger partial charge in [-0.25, -0.2) is 0 Å². The zero-order valence-electron chi connectivity index (χ0n) is 9.50. The van der Waals surface area contributed by atoms with E-state index in [-0.39, 0.29) is 24.8 Å². The molecule has 1 aromatic carbocycles. The number of hydrogen-bond donors (Lipinski definition) is 0. The first-order valence-electron chi connectivity index (χ1n) is 5.26. The van der Waals surface area contributed by atoms with E-state index in [2.05, 4.69) is 44.2 Å². The first kappa shape index (κ1) is 16.4. The van der Waals surface area contributed by atoms with Crippen molar-refractivity contribution < 1.29 is 49.5 Å². The summed E-state index contributed by atoms with van der Waals surface area (Å²) < 4.78 is 0.697. The number of rotatable bonds is 2. The van der Waals surface area contributed by atoms with Gasteiger partial charge in [0.05, 0.1) is 0 Å². The molecule has 0 amide bonds. The molecule has 0 spiro atoms. The molecule has 0 saturated heterocycles. The molecular weight excluding hydrogens is 318 g/mol. The molecule has 0 fully saturated rings. The number of halogens is 2. The molecule has 85 valence electrons. The molecule has 0 heterocycles. The average Bonchev–Trinajstić information content (AvgIpc) is 2.56. The van der Waals surface area contributed by atoms with E-state index in [1.165, 1.54) is 12.0 Å². The molecule has 16 heavy (non-hydrogen) atoms. The van der Waals surface area contributed by atoms with Crippen LogP contribution in [0.15, 0.2) is 30.3 Å². The Balaban J connectivity index is 0.00000112. The van der Waals surface area contributed by atoms with Gasteiger partial charge >= 0.3 is 102 Å². The Labute approximate surface area is 126 Å². The van der Waals surface area contributed by atoms with Crippen molar-refractivity contribution in [3.63, 3.8) is 0 Å². The monoisotopic (exact) mass is 331 g/mol. The van der Waals surface area contributed by atoms with Gasteiger partial charge in [-0.3, -0.25) is 0 Å². The van der Waals surface area contributed by atoms with Crippen molar-refractivity contribution in [2.75, 3.05) is 0 Å². The minimum atomic E-state index is 0. The number of allylic oxidation sites excluding steroid dienone is 2. The molecule has 0 nitrogen and oxygen atoms in total. The van der Waals surface area contributed by atoms with Crippen LogP contribution < -0.4 is 24.8 Å². The van der Waals surface area contributed by atoms with E-state index in [1.807, 2.05) is 0 Å². The fourth-order valence-electron chi connectivity index (χ4n) is 2.04. The van der Waals surface area contributed by atoms with Crippen LogP contribution in [0.3, 0.4) is 0 Å². The molecule has 0 N–H and O–H groups in total. The Kier molecular flexibility index (Phi) is 7.18. The van der Waals surface area contributed by atoms with E-state index < -0.39 is 0 Å². The molecule has 2 unspecified atom stereocenters. The SMILES string of the molecule is CCC(C)C1=C[CH]([Zr+2])c2ccccc21.[Cl-].[Cl-]. The first-order chi connectivity index (χ1) is 6.74. The third kappa shape index (κ3) is 3.00. The molecule has 0 radical (unpaired) electrons. The van der Waals surface area contributed by atoms with Crippen molar-refractivity contribution in [1.29, 1.82) is 0 Å². The van der Waals surface area contributed by atoms with E-state index in [0.29, 0.717) is 9.54 Å². The summed E-state index contributed by atoms with van der Waals surface area (Å²) in [5, 5.41) is 0. The second-order valence-corrected chi connectivity index (χ2v) is 5.53. The zero-order chi connectivity index (χ0) is 10.1. The van der Waals surface area contributed by atoms with Crippen LogP contribution in [0.1, 0.15) is 35.0 Å². The quantitative estimate of drug-likeness (QED) is 0.573. The van der Waals surface area contributed by atoms with E-state index in [4.69, 9.17) is 0 Å². The first-order valence-corrected chi connectivity index (χ1v) is 6.68. The molecule has 2 rings (SSSR count). The Morgan fingerprint density at radius 2 is 1.88 bits per heavy atom. The molecule has 3 heteroatoms. The van der Waals surface area contributed by atoms with Crippen LogP contribution in [0.4, 0.5) is 0 Å². The molecular formula is C13H15Cl2Zr. The number of fused-ring (bicyclic) bond motifs is 1. The van der Waals surface area contributed by atoms with Crippen molar-refractivity contribution >= 4 is 5.57 Å². The van der Waals surface area contributed by atoms with Gasteiger partial charge in [-0.1, -0.05) is 0 Å². The maximum Gasteiger partial charge on any atom is -1.00 e. The smallest absolute Gasteiger partial charge is 1.00 e. The summed E-state index contributed by atoms with van der Waals surface area (Å²) in [4.78, 5) is 0. The van der Waals surface area contributed by atoms with Crippen molar-refractivity contribution in [2.45, 2.75) is 23.9 Å². The molecule has 0 saturated carbocycles. The van der Waals surface area contributed by atoms with Gasteiger partial charge in [0.1, 0.15) is 0 Å². The minimum absolute atomic E-state index is 0. The van der Waals surface area contributed by atoms with E-state index >= 15 is 0 Å². The molecule has 1 aliphatic carbocycles. The van der Waals surface area contributed by atoms with Crippen LogP contribution in [0.25, 0.3) is 5.57 Å². The second kappa shape index (κ2) is 6.99. The summed E-state index contributed by atoms with van der Waals surface area (Å²) >= 11 is 1.61. The van der Waals surface area contributed by atoms with Gasteiger partial charge in [0, 0.05) is 0 Å². The fraction of sp³-hybridized carbons (Fsp3) is 0.385. The number of hydrogen-bond acceptors (Lipinski definition) is 0. The summed E-state index contributed by atoms with van der Waals surface area (Å²) in [6.45, 7) is 4.60. The van der Waals surface area contributed by atoms with Crippen LogP contribution in [0.5, 0.6) is 0 Å². The predicted molar refractivity (Wildman–Crippen MR) is 56.6 cm³/mol. The second-order valence-electron chi connectivity index (χ2n) is 4.00. The van der Waals surface area contributed by atoms with Crippen molar-refractivity contribution in [1.82, 2.24) is 0 Å². The van der Waals surface area contributed by atoms with Crippen LogP contribution in [0, 0.1) is 5.92 Å². The number of benzene rings is 1. The predicted octanol–water partition coefficient (Wildman–Crippen LogP) is -2.27. The fourth-order valence-corrected chi connectivity index (χ4v) is 3.10. The van der Waals surface area contributed by atoms with Crippen LogP contribution in [-0.4, -0.2) is 0 Å². The Morgan fingerprint density at radius 1 is 1.25 bits per heavy atom. The summed E-state index contributed by atoms with van der Waals surface area (Å²) in [6.07, 6.45) is 3.71. The van der Waals surface area contributed by atoms with Gasteiger partial charge in [0.2, 0.25) is 0 Å². The third-order valence-corrected chi connectivity index (χ3v) is 4.27. The molecule has 1 aromatic rings. The van der Waals surface area contributed by atoms with E-state index in [1.54, 1.807) is 35.9 Å². The van der Waals surface area contributed by atoms with Gasteiger partial charge in [-0.05, 0) is 0 Å². The molecule has 0 aromatic heterocycles. The zero-order valence-corrected chi connectivity index (χ0v) is 13.5. The molecule has 2 atom stereocenters. The van der Waals surface area contributed by atoms with Crippen molar-refractivity contribution in [2.24, 2.45) is 5.92 Å². The topological polar surface area (TPSA) is 0 Å². The van der Waals surface area contributed by atoms with Gasteiger partial charge in [0.15, 0.2) is 0 Å². The summed E-state index contributed by atoms with van der Waals surface area (Å²) in [7, 11) is 0. The van der Waals surface area contributed by atoms with Gasteiger partial charge in [0.25, 0.3) is 0 Å². The summed E-state index contributed by atoms with van der Waals surface area (Å²) in [5.41, 5.74) is 4.62. The summed E-state index contributed by atoms with van der Waals surface area (Å²) in [5.74, 6) is 0.710. The Morgan fingerprint density at radius 3 is 2.50 bits per heavy atom.